The molecule has 2 atom stereocenters. The molecule has 0 saturated carbocycles. The van der Waals surface area contributed by atoms with E-state index in [1.54, 1.807) is 13.8 Å². The first-order valence-electron chi connectivity index (χ1n) is 6.09. The number of hydrogen-bond donors (Lipinski definition) is 0. The molecule has 0 aromatic heterocycles. The molecule has 0 radical (unpaired) electrons. The summed E-state index contributed by atoms with van der Waals surface area (Å²) in [6.45, 7) is 3.17. The molecule has 0 aromatic rings. The van der Waals surface area contributed by atoms with Crippen LogP contribution in [0, 0.1) is 27.0 Å². The smallest absolute Gasteiger partial charge is 0.00731 e. The first kappa shape index (κ1) is 34.4. The molecule has 2 rings (SSSR count). The van der Waals surface area contributed by atoms with Crippen molar-refractivity contribution in [3.05, 3.63) is 63.5 Å². The van der Waals surface area contributed by atoms with E-state index in [2.05, 4.69) is 24.3 Å². The van der Waals surface area contributed by atoms with Gasteiger partial charge in [-0.1, -0.05) is 36.0 Å². The van der Waals surface area contributed by atoms with Crippen molar-refractivity contribution in [2.45, 2.75) is 26.7 Å². The molecule has 0 heterocycles. The molecule has 0 saturated heterocycles. The Bertz CT molecular complexity index is 322. The molecule has 0 aliphatic heterocycles. The van der Waals surface area contributed by atoms with Gasteiger partial charge in [-0.05, 0) is 0 Å². The van der Waals surface area contributed by atoms with Crippen molar-refractivity contribution in [3.63, 3.8) is 0 Å². The Morgan fingerprint density at radius 1 is 0.870 bits per heavy atom. The van der Waals surface area contributed by atoms with Gasteiger partial charge in [0.2, 0.25) is 0 Å². The predicted molar refractivity (Wildman–Crippen MR) is 94.9 cm³/mol. The number of rotatable bonds is 2. The second-order valence-corrected chi connectivity index (χ2v) is 5.56. The summed E-state index contributed by atoms with van der Waals surface area (Å²) in [5, 5.41) is 0. The quantitative estimate of drug-likeness (QED) is 0.490. The topological polar surface area (TPSA) is 80.3 Å². The Morgan fingerprint density at radius 2 is 1.13 bits per heavy atom. The maximum atomic E-state index is 9.37. The summed E-state index contributed by atoms with van der Waals surface area (Å²) in [4.78, 5) is 0. The largest absolute Gasteiger partial charge is 0.772 e. The van der Waals surface area contributed by atoms with Gasteiger partial charge in [0.1, 0.15) is 0 Å². The zero-order valence-electron chi connectivity index (χ0n) is 14.2. The zero-order valence-corrected chi connectivity index (χ0v) is 18.3. The molecule has 2 aliphatic rings. The average molecular weight is 438 g/mol. The fourth-order valence-electron chi connectivity index (χ4n) is 0.680. The average Bonchev–Trinajstić information content (AvgIpc) is 3.16. The van der Waals surface area contributed by atoms with Gasteiger partial charge in [0.05, 0.1) is 0 Å². The van der Waals surface area contributed by atoms with Gasteiger partial charge in [0.15, 0.2) is 0 Å². The zero-order chi connectivity index (χ0) is 15.6. The first-order chi connectivity index (χ1) is 9.54. The second-order valence-electron chi connectivity index (χ2n) is 3.19. The molecular weight excluding hydrogens is 412 g/mol. The van der Waals surface area contributed by atoms with Crippen molar-refractivity contribution in [1.82, 2.24) is 0 Å². The van der Waals surface area contributed by atoms with Crippen LogP contribution < -0.4 is 0 Å². The molecule has 4 nitrogen and oxygen atoms in total. The fraction of sp³-hybridized carbons (Fsp3) is 0.375. The van der Waals surface area contributed by atoms with Crippen LogP contribution >= 0.6 is 0 Å². The number of allylic oxidation sites excluding steroid dienone is 8. The Morgan fingerprint density at radius 3 is 1.17 bits per heavy atom. The van der Waals surface area contributed by atoms with Gasteiger partial charge >= 0.3 is 0 Å². The van der Waals surface area contributed by atoms with E-state index in [1.165, 1.54) is 0 Å². The normalized spacial score (nSPS) is 14.1. The SMILES string of the molecule is CCS(=O)[O-].CCS(=O)[O-].[C-]1=CC=CC1.[C-]1=CC=CC1.[CH3-].[CH3-].[Zr]. The van der Waals surface area contributed by atoms with Crippen molar-refractivity contribution >= 4 is 22.2 Å². The standard InChI is InChI=1S/2C5H5.2C2H6O2S.2CH3.Zr/c2*1-2-4-5-3-1;2*1-2-5(3)4;;;/h2*1-3H,4H2;2*2H2,1H3,(H,3,4);2*1H3;/q2*-1;;;2*-1;/p-2. The Labute approximate surface area is 166 Å². The van der Waals surface area contributed by atoms with Crippen LogP contribution in [0.3, 0.4) is 0 Å². The van der Waals surface area contributed by atoms with E-state index in [-0.39, 0.29) is 52.6 Å². The van der Waals surface area contributed by atoms with Crippen LogP contribution in [0.2, 0.25) is 0 Å². The van der Waals surface area contributed by atoms with Crippen LogP contribution in [0.4, 0.5) is 0 Å². The Kier molecular flexibility index (Phi) is 44.9. The minimum absolute atomic E-state index is 0. The van der Waals surface area contributed by atoms with E-state index < -0.39 is 22.2 Å². The Balaban J connectivity index is -0.0000000600. The van der Waals surface area contributed by atoms with Crippen molar-refractivity contribution in [2.24, 2.45) is 0 Å². The third-order valence-electron chi connectivity index (χ3n) is 1.64. The molecule has 2 unspecified atom stereocenters. The van der Waals surface area contributed by atoms with Gasteiger partial charge in [0.25, 0.3) is 0 Å². The van der Waals surface area contributed by atoms with Crippen molar-refractivity contribution < 1.29 is 43.7 Å². The first-order valence-corrected chi connectivity index (χ1v) is 8.58. The predicted octanol–water partition coefficient (Wildman–Crippen LogP) is 3.28. The van der Waals surface area contributed by atoms with E-state index >= 15 is 0 Å². The van der Waals surface area contributed by atoms with Gasteiger partial charge in [-0.2, -0.15) is 12.2 Å². The maximum Gasteiger partial charge on any atom is 0.00731 e. The van der Waals surface area contributed by atoms with Crippen LogP contribution in [0.15, 0.2) is 36.5 Å². The monoisotopic (exact) mass is 436 g/mol. The number of hydrogen-bond acceptors (Lipinski definition) is 4. The molecule has 0 bridgehead atoms. The molecule has 0 aromatic carbocycles. The molecule has 2 aliphatic carbocycles. The van der Waals surface area contributed by atoms with Gasteiger partial charge in [-0.25, -0.2) is 24.3 Å². The van der Waals surface area contributed by atoms with E-state index in [9.17, 15) is 17.5 Å². The molecule has 0 amide bonds. The van der Waals surface area contributed by atoms with Gasteiger partial charge in [0, 0.05) is 37.7 Å². The van der Waals surface area contributed by atoms with Crippen LogP contribution in [-0.2, 0) is 48.4 Å². The third kappa shape index (κ3) is 44.9. The van der Waals surface area contributed by atoms with Gasteiger partial charge in [-0.15, -0.1) is 12.8 Å². The summed E-state index contributed by atoms with van der Waals surface area (Å²) in [6.07, 6.45) is 20.0. The van der Waals surface area contributed by atoms with Gasteiger partial charge < -0.3 is 24.0 Å². The van der Waals surface area contributed by atoms with E-state index in [1.807, 2.05) is 24.3 Å². The molecular formula is C16H26O4S2Zr-6. The van der Waals surface area contributed by atoms with Crippen molar-refractivity contribution in [1.29, 1.82) is 0 Å². The molecule has 7 heteroatoms. The molecule has 0 spiro atoms. The molecule has 136 valence electrons. The summed E-state index contributed by atoms with van der Waals surface area (Å²) in [7, 11) is 0. The van der Waals surface area contributed by atoms with Gasteiger partial charge in [-0.3, -0.25) is 20.6 Å². The minimum Gasteiger partial charge on any atom is -0.772 e. The summed E-state index contributed by atoms with van der Waals surface area (Å²) in [6, 6.07) is 0. The van der Waals surface area contributed by atoms with Crippen molar-refractivity contribution in [2.75, 3.05) is 11.5 Å². The summed E-state index contributed by atoms with van der Waals surface area (Å²) >= 11 is -3.65. The molecule has 0 fully saturated rings. The van der Waals surface area contributed by atoms with Crippen LogP contribution in [0.5, 0.6) is 0 Å². The molecule has 0 N–H and O–H groups in total. The van der Waals surface area contributed by atoms with Crippen LogP contribution in [-0.4, -0.2) is 29.0 Å². The van der Waals surface area contributed by atoms with Crippen LogP contribution in [0.25, 0.3) is 0 Å². The summed E-state index contributed by atoms with van der Waals surface area (Å²) < 4.78 is 37.5. The van der Waals surface area contributed by atoms with E-state index in [4.69, 9.17) is 0 Å². The fourth-order valence-corrected chi connectivity index (χ4v) is 0.680. The minimum atomic E-state index is -1.82. The second kappa shape index (κ2) is 30.0. The summed E-state index contributed by atoms with van der Waals surface area (Å²) in [5.74, 6) is 0.444. The van der Waals surface area contributed by atoms with Crippen molar-refractivity contribution in [3.8, 4) is 0 Å². The van der Waals surface area contributed by atoms with E-state index in [0.717, 1.165) is 12.8 Å². The summed E-state index contributed by atoms with van der Waals surface area (Å²) in [5.41, 5.74) is 0. The van der Waals surface area contributed by atoms with E-state index in [0.29, 0.717) is 0 Å². The Hall–Kier alpha value is 0.0631. The maximum absolute atomic E-state index is 9.37. The van der Waals surface area contributed by atoms with Crippen LogP contribution in [0.1, 0.15) is 26.7 Å². The third-order valence-corrected chi connectivity index (χ3v) is 2.59. The molecule has 23 heavy (non-hydrogen) atoms.